The Morgan fingerprint density at radius 1 is 0.821 bits per heavy atom. The quantitative estimate of drug-likeness (QED) is 0.556. The molecule has 0 heterocycles. The van der Waals surface area contributed by atoms with E-state index in [-0.39, 0.29) is 18.2 Å². The largest absolute Gasteiger partial charge is 0.508 e. The van der Waals surface area contributed by atoms with Gasteiger partial charge in [0, 0.05) is 6.54 Å². The lowest BCUT2D eigenvalue weighted by Crippen LogP contribution is -2.15. The third kappa shape index (κ3) is 5.62. The normalized spacial score (nSPS) is 11.6. The van der Waals surface area contributed by atoms with Gasteiger partial charge in [-0.25, -0.2) is 0 Å². The molecule has 3 aromatic rings. The molecule has 1 N–H and O–H groups in total. The zero-order valence-electron chi connectivity index (χ0n) is 16.4. The van der Waals surface area contributed by atoms with Gasteiger partial charge in [0.25, 0.3) is 0 Å². The number of rotatable bonds is 6. The SMILES string of the molecule is C/C(CN(C)C)=C(/c1ccc(Oc2ccccc2)cc1)c1cccc(O)c1.Cl. The Bertz CT molecular complexity index is 919. The molecule has 0 aliphatic rings. The minimum absolute atomic E-state index is 0. The second kappa shape index (κ2) is 9.98. The van der Waals surface area contributed by atoms with E-state index in [2.05, 4.69) is 38.1 Å². The number of phenolic OH excluding ortho intramolecular Hbond substituents is 1. The molecule has 0 amide bonds. The minimum atomic E-state index is 0. The van der Waals surface area contributed by atoms with Crippen LogP contribution in [0.25, 0.3) is 5.57 Å². The Kier molecular flexibility index (Phi) is 7.68. The molecule has 0 saturated carbocycles. The van der Waals surface area contributed by atoms with Gasteiger partial charge in [0.1, 0.15) is 17.2 Å². The molecule has 0 radical (unpaired) electrons. The van der Waals surface area contributed by atoms with Gasteiger partial charge in [-0.1, -0.05) is 48.0 Å². The lowest BCUT2D eigenvalue weighted by atomic mass is 9.93. The number of phenols is 1. The first-order chi connectivity index (χ1) is 13.0. The highest BCUT2D eigenvalue weighted by Gasteiger charge is 2.11. The van der Waals surface area contributed by atoms with Crippen molar-refractivity contribution in [3.05, 3.63) is 95.6 Å². The van der Waals surface area contributed by atoms with Crippen molar-refractivity contribution in [3.8, 4) is 17.2 Å². The highest BCUT2D eigenvalue weighted by molar-refractivity contribution is 5.85. The maximum Gasteiger partial charge on any atom is 0.127 e. The monoisotopic (exact) mass is 395 g/mol. The molecule has 0 unspecified atom stereocenters. The van der Waals surface area contributed by atoms with Gasteiger partial charge >= 0.3 is 0 Å². The Hall–Kier alpha value is -2.75. The Balaban J connectivity index is 0.00000280. The average molecular weight is 396 g/mol. The molecule has 3 nitrogen and oxygen atoms in total. The lowest BCUT2D eigenvalue weighted by Gasteiger charge is -2.17. The van der Waals surface area contributed by atoms with Crippen LogP contribution >= 0.6 is 12.4 Å². The molecular formula is C24H26ClNO2. The summed E-state index contributed by atoms with van der Waals surface area (Å²) in [6.07, 6.45) is 0. The number of aromatic hydroxyl groups is 1. The first-order valence-corrected chi connectivity index (χ1v) is 9.00. The molecule has 0 bridgehead atoms. The van der Waals surface area contributed by atoms with E-state index in [4.69, 9.17) is 4.74 Å². The highest BCUT2D eigenvalue weighted by Crippen LogP contribution is 2.31. The molecule has 3 rings (SSSR count). The predicted octanol–water partition coefficient (Wildman–Crippen LogP) is 5.99. The van der Waals surface area contributed by atoms with Crippen molar-refractivity contribution in [2.75, 3.05) is 20.6 Å². The van der Waals surface area contributed by atoms with Gasteiger partial charge in [-0.3, -0.25) is 0 Å². The lowest BCUT2D eigenvalue weighted by molar-refractivity contribution is 0.446. The fraction of sp³-hybridized carbons (Fsp3) is 0.167. The summed E-state index contributed by atoms with van der Waals surface area (Å²) < 4.78 is 5.90. The molecule has 0 atom stereocenters. The molecule has 0 saturated heterocycles. The fourth-order valence-corrected chi connectivity index (χ4v) is 3.19. The number of halogens is 1. The van der Waals surface area contributed by atoms with Crippen molar-refractivity contribution in [2.45, 2.75) is 6.92 Å². The van der Waals surface area contributed by atoms with Crippen molar-refractivity contribution in [1.82, 2.24) is 4.90 Å². The third-order valence-corrected chi connectivity index (χ3v) is 4.24. The first-order valence-electron chi connectivity index (χ1n) is 9.00. The summed E-state index contributed by atoms with van der Waals surface area (Å²) in [5.41, 5.74) is 4.47. The molecule has 0 spiro atoms. The summed E-state index contributed by atoms with van der Waals surface area (Å²) in [6.45, 7) is 2.97. The van der Waals surface area contributed by atoms with Crippen molar-refractivity contribution < 1.29 is 9.84 Å². The van der Waals surface area contributed by atoms with E-state index >= 15 is 0 Å². The molecule has 3 aromatic carbocycles. The Morgan fingerprint density at radius 3 is 2.07 bits per heavy atom. The first kappa shape index (κ1) is 21.5. The fourth-order valence-electron chi connectivity index (χ4n) is 3.19. The van der Waals surface area contributed by atoms with Crippen LogP contribution in [0.4, 0.5) is 0 Å². The number of nitrogens with zero attached hydrogens (tertiary/aromatic N) is 1. The molecule has 4 heteroatoms. The van der Waals surface area contributed by atoms with Crippen LogP contribution in [0, 0.1) is 0 Å². The van der Waals surface area contributed by atoms with Gasteiger partial charge in [0.15, 0.2) is 0 Å². The van der Waals surface area contributed by atoms with E-state index in [0.29, 0.717) is 0 Å². The number of para-hydroxylation sites is 1. The zero-order valence-corrected chi connectivity index (χ0v) is 17.2. The van der Waals surface area contributed by atoms with Crippen molar-refractivity contribution in [3.63, 3.8) is 0 Å². The second-order valence-electron chi connectivity index (χ2n) is 6.88. The van der Waals surface area contributed by atoms with Crippen LogP contribution in [0.2, 0.25) is 0 Å². The topological polar surface area (TPSA) is 32.7 Å². The number of hydrogen-bond donors (Lipinski definition) is 1. The van der Waals surface area contributed by atoms with Crippen LogP contribution < -0.4 is 4.74 Å². The molecule has 146 valence electrons. The van der Waals surface area contributed by atoms with Gasteiger partial charge in [-0.05, 0) is 74.1 Å². The summed E-state index contributed by atoms with van der Waals surface area (Å²) >= 11 is 0. The van der Waals surface area contributed by atoms with E-state index in [1.165, 1.54) is 5.57 Å². The Morgan fingerprint density at radius 2 is 1.46 bits per heavy atom. The molecule has 0 fully saturated rings. The number of hydrogen-bond acceptors (Lipinski definition) is 3. The van der Waals surface area contributed by atoms with Gasteiger partial charge < -0.3 is 14.7 Å². The van der Waals surface area contributed by atoms with Crippen LogP contribution in [0.1, 0.15) is 18.1 Å². The summed E-state index contributed by atoms with van der Waals surface area (Å²) in [7, 11) is 4.11. The third-order valence-electron chi connectivity index (χ3n) is 4.24. The molecular weight excluding hydrogens is 370 g/mol. The zero-order chi connectivity index (χ0) is 19.2. The summed E-state index contributed by atoms with van der Waals surface area (Å²) in [6, 6.07) is 25.3. The number of benzene rings is 3. The van der Waals surface area contributed by atoms with E-state index in [0.717, 1.165) is 34.7 Å². The summed E-state index contributed by atoms with van der Waals surface area (Å²) in [5.74, 6) is 1.88. The van der Waals surface area contributed by atoms with Crippen molar-refractivity contribution in [1.29, 1.82) is 0 Å². The summed E-state index contributed by atoms with van der Waals surface area (Å²) in [5, 5.41) is 9.93. The highest BCUT2D eigenvalue weighted by atomic mass is 35.5. The van der Waals surface area contributed by atoms with Crippen LogP contribution in [-0.4, -0.2) is 30.6 Å². The maximum atomic E-state index is 9.93. The molecule has 0 aliphatic carbocycles. The average Bonchev–Trinajstić information content (AvgIpc) is 2.64. The standard InChI is InChI=1S/C24H25NO2.ClH/c1-18(17-25(2)3)24(20-8-7-9-21(26)16-20)19-12-14-23(15-13-19)27-22-10-5-4-6-11-22;/h4-16,26H,17H2,1-3H3;1H/b24-18+;. The second-order valence-corrected chi connectivity index (χ2v) is 6.88. The van der Waals surface area contributed by atoms with Gasteiger partial charge in [0.05, 0.1) is 0 Å². The molecule has 0 aliphatic heterocycles. The minimum Gasteiger partial charge on any atom is -0.508 e. The van der Waals surface area contributed by atoms with E-state index in [1.807, 2.05) is 60.7 Å². The number of likely N-dealkylation sites (N-methyl/N-ethyl adjacent to an activating group) is 1. The van der Waals surface area contributed by atoms with E-state index in [9.17, 15) is 5.11 Å². The molecule has 0 aromatic heterocycles. The van der Waals surface area contributed by atoms with Gasteiger partial charge in [0.2, 0.25) is 0 Å². The van der Waals surface area contributed by atoms with Crippen LogP contribution in [-0.2, 0) is 0 Å². The predicted molar refractivity (Wildman–Crippen MR) is 119 cm³/mol. The maximum absolute atomic E-state index is 9.93. The van der Waals surface area contributed by atoms with Crippen LogP contribution in [0.5, 0.6) is 17.2 Å². The number of ether oxygens (including phenoxy) is 1. The van der Waals surface area contributed by atoms with Crippen molar-refractivity contribution >= 4 is 18.0 Å². The van der Waals surface area contributed by atoms with Crippen molar-refractivity contribution in [2.24, 2.45) is 0 Å². The van der Waals surface area contributed by atoms with E-state index < -0.39 is 0 Å². The van der Waals surface area contributed by atoms with Crippen LogP contribution in [0.15, 0.2) is 84.4 Å². The van der Waals surface area contributed by atoms with Crippen LogP contribution in [0.3, 0.4) is 0 Å². The summed E-state index contributed by atoms with van der Waals surface area (Å²) in [4.78, 5) is 2.14. The Labute approximate surface area is 173 Å². The molecule has 28 heavy (non-hydrogen) atoms. The smallest absolute Gasteiger partial charge is 0.127 e. The van der Waals surface area contributed by atoms with E-state index in [1.54, 1.807) is 6.07 Å². The van der Waals surface area contributed by atoms with Gasteiger partial charge in [-0.15, -0.1) is 12.4 Å². The van der Waals surface area contributed by atoms with Gasteiger partial charge in [-0.2, -0.15) is 0 Å².